The number of ether oxygens (including phenoxy) is 2. The van der Waals surface area contributed by atoms with Gasteiger partial charge in [0.2, 0.25) is 5.88 Å². The third-order valence-electron chi connectivity index (χ3n) is 6.24. The Morgan fingerprint density at radius 2 is 1.31 bits per heavy atom. The van der Waals surface area contributed by atoms with E-state index in [1.54, 1.807) is 26.2 Å². The highest BCUT2D eigenvalue weighted by Gasteiger charge is 2.41. The zero-order valence-corrected chi connectivity index (χ0v) is 19.7. The molecule has 0 N–H and O–H groups in total. The molecule has 5 nitrogen and oxygen atoms in total. The first-order valence-electron chi connectivity index (χ1n) is 11.6. The van der Waals surface area contributed by atoms with Crippen molar-refractivity contribution in [1.82, 2.24) is 9.78 Å². The van der Waals surface area contributed by atoms with Crippen molar-refractivity contribution in [3.8, 4) is 5.88 Å². The van der Waals surface area contributed by atoms with Crippen molar-refractivity contribution in [2.45, 2.75) is 12.5 Å². The number of hydrogen-bond acceptors (Lipinski definition) is 4. The van der Waals surface area contributed by atoms with E-state index >= 15 is 0 Å². The van der Waals surface area contributed by atoms with Gasteiger partial charge < -0.3 is 9.47 Å². The van der Waals surface area contributed by atoms with Crippen molar-refractivity contribution in [3.63, 3.8) is 0 Å². The number of nitrogens with zero attached hydrogens (tertiary/aromatic N) is 2. The van der Waals surface area contributed by atoms with E-state index in [4.69, 9.17) is 14.6 Å². The molecule has 0 unspecified atom stereocenters. The lowest BCUT2D eigenvalue weighted by atomic mass is 9.77. The van der Waals surface area contributed by atoms with E-state index in [1.807, 2.05) is 65.3 Å². The number of rotatable bonds is 7. The fourth-order valence-corrected chi connectivity index (χ4v) is 4.74. The van der Waals surface area contributed by atoms with Crippen LogP contribution in [-0.4, -0.2) is 29.5 Å². The van der Waals surface area contributed by atoms with E-state index in [2.05, 4.69) is 36.4 Å². The van der Waals surface area contributed by atoms with Crippen molar-refractivity contribution in [3.05, 3.63) is 131 Å². The Balaban J connectivity index is 1.90. The van der Waals surface area contributed by atoms with Crippen LogP contribution in [-0.2, 0) is 10.3 Å². The summed E-state index contributed by atoms with van der Waals surface area (Å²) in [6.45, 7) is 2.11. The molecule has 0 aliphatic rings. The number of carbonyl (C=O) groups is 1. The van der Waals surface area contributed by atoms with Gasteiger partial charge in [0.05, 0.1) is 30.2 Å². The molecule has 5 rings (SSSR count). The molecule has 0 atom stereocenters. The Kier molecular flexibility index (Phi) is 6.06. The third kappa shape index (κ3) is 3.75. The number of hydrogen-bond donors (Lipinski definition) is 0. The highest BCUT2D eigenvalue weighted by atomic mass is 16.5. The molecule has 0 spiro atoms. The highest BCUT2D eigenvalue weighted by Crippen LogP contribution is 2.43. The van der Waals surface area contributed by atoms with Gasteiger partial charge in [0.15, 0.2) is 0 Å². The zero-order chi connectivity index (χ0) is 24.3. The summed E-state index contributed by atoms with van der Waals surface area (Å²) in [4.78, 5) is 12.5. The van der Waals surface area contributed by atoms with Crippen molar-refractivity contribution in [1.29, 1.82) is 0 Å². The van der Waals surface area contributed by atoms with Crippen LogP contribution in [0, 0.1) is 0 Å². The standard InChI is InChI=1S/C30H26N2O3/c1-3-35-29(33)22-19-20-27-26(21-22)28(34-2)31-32(27)30(23-13-7-4-8-14-23,24-15-9-5-10-16-24)25-17-11-6-12-18-25/h4-21H,3H2,1-2H3. The normalized spacial score (nSPS) is 11.4. The zero-order valence-electron chi connectivity index (χ0n) is 19.7. The minimum Gasteiger partial charge on any atom is -0.479 e. The van der Waals surface area contributed by atoms with Crippen LogP contribution in [0.15, 0.2) is 109 Å². The highest BCUT2D eigenvalue weighted by molar-refractivity contribution is 5.96. The summed E-state index contributed by atoms with van der Waals surface area (Å²) in [5.41, 5.74) is 3.68. The van der Waals surface area contributed by atoms with E-state index in [9.17, 15) is 4.79 Å². The van der Waals surface area contributed by atoms with Gasteiger partial charge in [0.1, 0.15) is 5.54 Å². The van der Waals surface area contributed by atoms with Gasteiger partial charge in [-0.1, -0.05) is 91.0 Å². The topological polar surface area (TPSA) is 53.4 Å². The summed E-state index contributed by atoms with van der Waals surface area (Å²) in [6.07, 6.45) is 0. The molecule has 1 aromatic heterocycles. The lowest BCUT2D eigenvalue weighted by Gasteiger charge is -2.36. The molecule has 0 fully saturated rings. The minimum absolute atomic E-state index is 0.312. The Morgan fingerprint density at radius 3 is 1.77 bits per heavy atom. The van der Waals surface area contributed by atoms with E-state index in [0.29, 0.717) is 18.1 Å². The molecule has 4 aromatic carbocycles. The summed E-state index contributed by atoms with van der Waals surface area (Å²) in [5, 5.41) is 5.74. The number of esters is 1. The van der Waals surface area contributed by atoms with Crippen LogP contribution >= 0.6 is 0 Å². The van der Waals surface area contributed by atoms with Gasteiger partial charge in [-0.05, 0) is 41.8 Å². The molecular formula is C30H26N2O3. The van der Waals surface area contributed by atoms with E-state index in [-0.39, 0.29) is 5.97 Å². The molecule has 5 heteroatoms. The average molecular weight is 463 g/mol. The molecular weight excluding hydrogens is 436 g/mol. The van der Waals surface area contributed by atoms with Crippen LogP contribution in [0.2, 0.25) is 0 Å². The molecule has 0 aliphatic carbocycles. The first-order chi connectivity index (χ1) is 17.2. The van der Waals surface area contributed by atoms with Gasteiger partial charge in [-0.3, -0.25) is 0 Å². The maximum atomic E-state index is 12.5. The molecule has 1 heterocycles. The van der Waals surface area contributed by atoms with E-state index in [1.165, 1.54) is 0 Å². The fraction of sp³-hybridized carbons (Fsp3) is 0.133. The van der Waals surface area contributed by atoms with Crippen LogP contribution in [0.25, 0.3) is 10.9 Å². The van der Waals surface area contributed by atoms with Crippen LogP contribution < -0.4 is 4.74 Å². The number of aromatic nitrogens is 2. The SMILES string of the molecule is CCOC(=O)c1ccc2c(c1)c(OC)nn2C(c1ccccc1)(c1ccccc1)c1ccccc1. The van der Waals surface area contributed by atoms with Crippen molar-refractivity contribution in [2.75, 3.05) is 13.7 Å². The largest absolute Gasteiger partial charge is 0.479 e. The number of fused-ring (bicyclic) bond motifs is 1. The summed E-state index contributed by atoms with van der Waals surface area (Å²) in [7, 11) is 1.60. The molecule has 5 aromatic rings. The summed E-state index contributed by atoms with van der Waals surface area (Å²) in [5.74, 6) is 0.0722. The van der Waals surface area contributed by atoms with Gasteiger partial charge in [0.25, 0.3) is 0 Å². The second-order valence-electron chi connectivity index (χ2n) is 8.18. The Labute approximate surface area is 204 Å². The maximum Gasteiger partial charge on any atom is 0.338 e. The van der Waals surface area contributed by atoms with Gasteiger partial charge in [-0.2, -0.15) is 0 Å². The van der Waals surface area contributed by atoms with Crippen LogP contribution in [0.4, 0.5) is 0 Å². The van der Waals surface area contributed by atoms with Gasteiger partial charge in [0, 0.05) is 0 Å². The molecule has 0 saturated carbocycles. The van der Waals surface area contributed by atoms with Crippen molar-refractivity contribution in [2.24, 2.45) is 0 Å². The minimum atomic E-state index is -0.787. The monoisotopic (exact) mass is 462 g/mol. The molecule has 0 bridgehead atoms. The summed E-state index contributed by atoms with van der Waals surface area (Å²) >= 11 is 0. The fourth-order valence-electron chi connectivity index (χ4n) is 4.74. The van der Waals surface area contributed by atoms with E-state index < -0.39 is 5.54 Å². The van der Waals surface area contributed by atoms with Crippen LogP contribution in [0.1, 0.15) is 34.0 Å². The molecule has 35 heavy (non-hydrogen) atoms. The predicted octanol–water partition coefficient (Wildman–Crippen LogP) is 6.06. The lowest BCUT2D eigenvalue weighted by Crippen LogP contribution is -2.38. The van der Waals surface area contributed by atoms with Crippen LogP contribution in [0.3, 0.4) is 0 Å². The number of benzene rings is 4. The number of methoxy groups -OCH3 is 1. The molecule has 0 saturated heterocycles. The second kappa shape index (κ2) is 9.47. The maximum absolute atomic E-state index is 12.5. The Morgan fingerprint density at radius 1 is 0.800 bits per heavy atom. The summed E-state index contributed by atoms with van der Waals surface area (Å²) in [6, 6.07) is 36.5. The Bertz CT molecular complexity index is 1350. The second-order valence-corrected chi connectivity index (χ2v) is 8.18. The smallest absolute Gasteiger partial charge is 0.338 e. The average Bonchev–Trinajstić information content (AvgIpc) is 3.29. The lowest BCUT2D eigenvalue weighted by molar-refractivity contribution is 0.0526. The number of carbonyl (C=O) groups excluding carboxylic acids is 1. The van der Waals surface area contributed by atoms with Crippen molar-refractivity contribution < 1.29 is 14.3 Å². The van der Waals surface area contributed by atoms with E-state index in [0.717, 1.165) is 27.6 Å². The van der Waals surface area contributed by atoms with Crippen LogP contribution in [0.5, 0.6) is 5.88 Å². The van der Waals surface area contributed by atoms with Gasteiger partial charge >= 0.3 is 5.97 Å². The first-order valence-corrected chi connectivity index (χ1v) is 11.6. The molecule has 0 amide bonds. The van der Waals surface area contributed by atoms with Gasteiger partial charge in [-0.15, -0.1) is 5.10 Å². The van der Waals surface area contributed by atoms with Crippen molar-refractivity contribution >= 4 is 16.9 Å². The molecule has 174 valence electrons. The first kappa shape index (κ1) is 22.4. The molecule has 0 radical (unpaired) electrons. The summed E-state index contributed by atoms with van der Waals surface area (Å²) < 4.78 is 13.0. The third-order valence-corrected chi connectivity index (χ3v) is 6.24. The predicted molar refractivity (Wildman–Crippen MR) is 137 cm³/mol. The molecule has 0 aliphatic heterocycles. The van der Waals surface area contributed by atoms with Gasteiger partial charge in [-0.25, -0.2) is 9.48 Å². The Hall–Kier alpha value is -4.38. The quantitative estimate of drug-likeness (QED) is 0.218.